The van der Waals surface area contributed by atoms with Crippen molar-refractivity contribution >= 4 is 28.3 Å². The number of aromatic amines is 1. The maximum atomic E-state index is 10.5. The summed E-state index contributed by atoms with van der Waals surface area (Å²) in [5, 5.41) is 17.5. The lowest BCUT2D eigenvalue weighted by molar-refractivity contribution is -0.387. The molecule has 0 radical (unpaired) electrons. The van der Waals surface area contributed by atoms with E-state index in [1.54, 1.807) is 18.2 Å². The number of rotatable bonds is 1. The molecular formula is C7H4ClN3O2. The molecule has 0 aliphatic rings. The summed E-state index contributed by atoms with van der Waals surface area (Å²) in [7, 11) is 0. The summed E-state index contributed by atoms with van der Waals surface area (Å²) in [5.74, 6) is -0.105. The van der Waals surface area contributed by atoms with Gasteiger partial charge in [0.2, 0.25) is 0 Å². The zero-order chi connectivity index (χ0) is 9.42. The Labute approximate surface area is 77.5 Å². The molecule has 0 aliphatic carbocycles. The van der Waals surface area contributed by atoms with Crippen molar-refractivity contribution in [3.05, 3.63) is 33.3 Å². The third kappa shape index (κ3) is 1.23. The van der Waals surface area contributed by atoms with E-state index in [0.29, 0.717) is 15.9 Å². The Bertz CT molecular complexity index is 480. The molecule has 0 aliphatic heterocycles. The average Bonchev–Trinajstić information content (AvgIpc) is 2.46. The predicted molar refractivity (Wildman–Crippen MR) is 47.8 cm³/mol. The van der Waals surface area contributed by atoms with Crippen molar-refractivity contribution < 1.29 is 4.92 Å². The number of nitrogens with zero attached hydrogens (tertiary/aromatic N) is 2. The summed E-state index contributed by atoms with van der Waals surface area (Å²) in [4.78, 5) is 9.95. The standard InChI is InChI=1S/C7H4ClN3O2/c8-4-1-2-5-6(3-4)9-10-7(5)11(12)13/h1-3H,(H,9,10). The van der Waals surface area contributed by atoms with Crippen LogP contribution in [0, 0.1) is 10.1 Å². The molecule has 0 saturated heterocycles. The van der Waals surface area contributed by atoms with Crippen LogP contribution in [0.25, 0.3) is 10.9 Å². The molecule has 2 rings (SSSR count). The topological polar surface area (TPSA) is 71.8 Å². The van der Waals surface area contributed by atoms with Crippen molar-refractivity contribution in [3.63, 3.8) is 0 Å². The van der Waals surface area contributed by atoms with E-state index in [4.69, 9.17) is 11.6 Å². The summed E-state index contributed by atoms with van der Waals surface area (Å²) in [6, 6.07) is 4.73. The fraction of sp³-hybridized carbons (Fsp3) is 0. The average molecular weight is 198 g/mol. The molecule has 13 heavy (non-hydrogen) atoms. The second-order valence-electron chi connectivity index (χ2n) is 2.49. The highest BCUT2D eigenvalue weighted by atomic mass is 35.5. The van der Waals surface area contributed by atoms with Crippen molar-refractivity contribution in [1.82, 2.24) is 10.2 Å². The van der Waals surface area contributed by atoms with Crippen LogP contribution >= 0.6 is 11.6 Å². The van der Waals surface area contributed by atoms with E-state index in [-0.39, 0.29) is 5.82 Å². The SMILES string of the molecule is O=[N+]([O-])c1[nH]nc2cc(Cl)ccc12. The van der Waals surface area contributed by atoms with E-state index in [2.05, 4.69) is 10.2 Å². The normalized spacial score (nSPS) is 10.5. The van der Waals surface area contributed by atoms with Gasteiger partial charge in [0.15, 0.2) is 0 Å². The third-order valence-corrected chi connectivity index (χ3v) is 1.91. The minimum Gasteiger partial charge on any atom is -0.358 e. The Kier molecular flexibility index (Phi) is 1.66. The number of benzene rings is 1. The number of hydrogen-bond acceptors (Lipinski definition) is 3. The predicted octanol–water partition coefficient (Wildman–Crippen LogP) is 2.12. The molecule has 1 aromatic heterocycles. The number of nitrogens with one attached hydrogen (secondary N) is 1. The zero-order valence-corrected chi connectivity index (χ0v) is 7.08. The second-order valence-corrected chi connectivity index (χ2v) is 2.93. The monoisotopic (exact) mass is 197 g/mol. The molecule has 1 N–H and O–H groups in total. The van der Waals surface area contributed by atoms with Gasteiger partial charge in [-0.15, -0.1) is 5.10 Å². The number of halogens is 1. The molecule has 5 nitrogen and oxygen atoms in total. The van der Waals surface area contributed by atoms with Crippen LogP contribution in [0.15, 0.2) is 18.2 Å². The van der Waals surface area contributed by atoms with Crippen LogP contribution in [-0.2, 0) is 0 Å². The third-order valence-electron chi connectivity index (χ3n) is 1.68. The number of fused-ring (bicyclic) bond motifs is 1. The van der Waals surface area contributed by atoms with Gasteiger partial charge in [-0.2, -0.15) is 0 Å². The van der Waals surface area contributed by atoms with Crippen LogP contribution in [0.2, 0.25) is 5.02 Å². The molecule has 1 heterocycles. The minimum absolute atomic E-state index is 0.105. The quantitative estimate of drug-likeness (QED) is 0.562. The molecular weight excluding hydrogens is 194 g/mol. The molecule has 0 amide bonds. The number of hydrogen-bond donors (Lipinski definition) is 1. The Morgan fingerprint density at radius 2 is 2.31 bits per heavy atom. The molecule has 2 aromatic rings. The van der Waals surface area contributed by atoms with Gasteiger partial charge in [0, 0.05) is 5.02 Å². The van der Waals surface area contributed by atoms with Crippen LogP contribution in [0.5, 0.6) is 0 Å². The van der Waals surface area contributed by atoms with E-state index in [1.165, 1.54) is 0 Å². The van der Waals surface area contributed by atoms with E-state index in [9.17, 15) is 10.1 Å². The van der Waals surface area contributed by atoms with E-state index in [0.717, 1.165) is 0 Å². The van der Waals surface area contributed by atoms with Gasteiger partial charge >= 0.3 is 5.82 Å². The van der Waals surface area contributed by atoms with Gasteiger partial charge in [-0.05, 0) is 23.1 Å². The summed E-state index contributed by atoms with van der Waals surface area (Å²) < 4.78 is 0. The van der Waals surface area contributed by atoms with Gasteiger partial charge in [0.1, 0.15) is 5.52 Å². The highest BCUT2D eigenvalue weighted by molar-refractivity contribution is 6.31. The minimum atomic E-state index is -0.511. The molecule has 0 unspecified atom stereocenters. The molecule has 0 fully saturated rings. The lowest BCUT2D eigenvalue weighted by atomic mass is 10.2. The van der Waals surface area contributed by atoms with E-state index < -0.39 is 4.92 Å². The van der Waals surface area contributed by atoms with Crippen LogP contribution in [0.3, 0.4) is 0 Å². The summed E-state index contributed by atoms with van der Waals surface area (Å²) in [6.07, 6.45) is 0. The smallest absolute Gasteiger partial charge is 0.350 e. The van der Waals surface area contributed by atoms with Crippen LogP contribution in [-0.4, -0.2) is 15.1 Å². The molecule has 0 spiro atoms. The Morgan fingerprint density at radius 1 is 1.54 bits per heavy atom. The van der Waals surface area contributed by atoms with Gasteiger partial charge in [0.05, 0.1) is 5.39 Å². The van der Waals surface area contributed by atoms with Crippen LogP contribution in [0.1, 0.15) is 0 Å². The molecule has 0 saturated carbocycles. The second kappa shape index (κ2) is 2.70. The first-order valence-corrected chi connectivity index (χ1v) is 3.84. The number of aromatic nitrogens is 2. The lowest BCUT2D eigenvalue weighted by Crippen LogP contribution is -1.87. The first-order valence-electron chi connectivity index (χ1n) is 3.46. The van der Waals surface area contributed by atoms with Crippen molar-refractivity contribution in [2.45, 2.75) is 0 Å². The Balaban J connectivity index is 2.76. The Morgan fingerprint density at radius 3 is 3.00 bits per heavy atom. The molecule has 0 atom stereocenters. The van der Waals surface area contributed by atoms with Gasteiger partial charge < -0.3 is 10.1 Å². The van der Waals surface area contributed by atoms with Gasteiger partial charge in [-0.3, -0.25) is 0 Å². The summed E-state index contributed by atoms with van der Waals surface area (Å²) >= 11 is 5.68. The maximum absolute atomic E-state index is 10.5. The molecule has 0 bridgehead atoms. The van der Waals surface area contributed by atoms with Crippen molar-refractivity contribution in [1.29, 1.82) is 0 Å². The highest BCUT2D eigenvalue weighted by Gasteiger charge is 2.13. The summed E-state index contributed by atoms with van der Waals surface area (Å²) in [5.41, 5.74) is 0.499. The highest BCUT2D eigenvalue weighted by Crippen LogP contribution is 2.24. The van der Waals surface area contributed by atoms with Crippen molar-refractivity contribution in [3.8, 4) is 0 Å². The Hall–Kier alpha value is -1.62. The first-order chi connectivity index (χ1) is 6.18. The van der Waals surface area contributed by atoms with Crippen LogP contribution in [0.4, 0.5) is 5.82 Å². The van der Waals surface area contributed by atoms with Crippen molar-refractivity contribution in [2.75, 3.05) is 0 Å². The van der Waals surface area contributed by atoms with E-state index in [1.807, 2.05) is 0 Å². The molecule has 66 valence electrons. The lowest BCUT2D eigenvalue weighted by Gasteiger charge is -1.90. The molecule has 1 aromatic carbocycles. The van der Waals surface area contributed by atoms with Gasteiger partial charge in [-0.25, -0.2) is 0 Å². The fourth-order valence-electron chi connectivity index (χ4n) is 1.11. The number of H-pyrrole nitrogens is 1. The largest absolute Gasteiger partial charge is 0.358 e. The fourth-order valence-corrected chi connectivity index (χ4v) is 1.28. The summed E-state index contributed by atoms with van der Waals surface area (Å²) in [6.45, 7) is 0. The maximum Gasteiger partial charge on any atom is 0.350 e. The van der Waals surface area contributed by atoms with Crippen molar-refractivity contribution in [2.24, 2.45) is 0 Å². The van der Waals surface area contributed by atoms with E-state index >= 15 is 0 Å². The van der Waals surface area contributed by atoms with Gasteiger partial charge in [-0.1, -0.05) is 16.7 Å². The zero-order valence-electron chi connectivity index (χ0n) is 6.32. The number of nitro groups is 1. The molecule has 6 heteroatoms. The first kappa shape index (κ1) is 8.00. The van der Waals surface area contributed by atoms with Gasteiger partial charge in [0.25, 0.3) is 0 Å². The van der Waals surface area contributed by atoms with Crippen LogP contribution < -0.4 is 0 Å².